The van der Waals surface area contributed by atoms with Gasteiger partial charge in [0.05, 0.1) is 18.4 Å². The van der Waals surface area contributed by atoms with Gasteiger partial charge in [0, 0.05) is 16.5 Å². The zero-order valence-electron chi connectivity index (χ0n) is 15.8. The van der Waals surface area contributed by atoms with Gasteiger partial charge in [-0.25, -0.2) is 0 Å². The first kappa shape index (κ1) is 19.7. The first-order valence-corrected chi connectivity index (χ1v) is 10.6. The number of carbonyl (C=O) groups excluding carboxylic acids is 2. The van der Waals surface area contributed by atoms with Crippen LogP contribution in [0.3, 0.4) is 0 Å². The molecular formula is C21H16N4O3S2. The van der Waals surface area contributed by atoms with E-state index in [9.17, 15) is 9.59 Å². The molecule has 0 unspecified atom stereocenters. The molecule has 0 fully saturated rings. The summed E-state index contributed by atoms with van der Waals surface area (Å²) in [6.45, 7) is 0. The molecule has 0 atom stereocenters. The van der Waals surface area contributed by atoms with Gasteiger partial charge in [0.15, 0.2) is 0 Å². The van der Waals surface area contributed by atoms with Gasteiger partial charge in [-0.3, -0.25) is 14.9 Å². The van der Waals surface area contributed by atoms with Gasteiger partial charge in [-0.15, -0.1) is 10.2 Å². The largest absolute Gasteiger partial charge is 0.497 e. The Kier molecular flexibility index (Phi) is 5.82. The molecule has 2 heterocycles. The smallest absolute Gasteiger partial charge is 0.259 e. The molecule has 0 radical (unpaired) electrons. The van der Waals surface area contributed by atoms with E-state index in [1.54, 1.807) is 67.0 Å². The second-order valence-electron chi connectivity index (χ2n) is 6.11. The molecule has 2 N–H and O–H groups in total. The minimum Gasteiger partial charge on any atom is -0.497 e. The van der Waals surface area contributed by atoms with Gasteiger partial charge in [-0.1, -0.05) is 23.5 Å². The molecule has 7 nitrogen and oxygen atoms in total. The fourth-order valence-corrected chi connectivity index (χ4v) is 4.12. The van der Waals surface area contributed by atoms with Crippen LogP contribution in [-0.2, 0) is 0 Å². The summed E-state index contributed by atoms with van der Waals surface area (Å²) in [7, 11) is 1.56. The van der Waals surface area contributed by atoms with Crippen molar-refractivity contribution >= 4 is 45.3 Å². The van der Waals surface area contributed by atoms with Crippen molar-refractivity contribution in [1.82, 2.24) is 10.2 Å². The fraction of sp³-hybridized carbons (Fsp3) is 0.0476. The van der Waals surface area contributed by atoms with Crippen molar-refractivity contribution < 1.29 is 14.3 Å². The monoisotopic (exact) mass is 436 g/mol. The molecule has 9 heteroatoms. The summed E-state index contributed by atoms with van der Waals surface area (Å²) in [6, 6.07) is 15.5. The number of hydrogen-bond acceptors (Lipinski definition) is 7. The molecule has 0 saturated carbocycles. The molecule has 0 saturated heterocycles. The van der Waals surface area contributed by atoms with Crippen molar-refractivity contribution in [2.24, 2.45) is 0 Å². The highest BCUT2D eigenvalue weighted by atomic mass is 32.1. The molecule has 0 bridgehead atoms. The van der Waals surface area contributed by atoms with Crippen molar-refractivity contribution in [2.45, 2.75) is 0 Å². The van der Waals surface area contributed by atoms with E-state index in [1.807, 2.05) is 16.8 Å². The van der Waals surface area contributed by atoms with Gasteiger partial charge < -0.3 is 10.1 Å². The van der Waals surface area contributed by atoms with Crippen LogP contribution in [0, 0.1) is 0 Å². The van der Waals surface area contributed by atoms with Crippen LogP contribution < -0.4 is 15.4 Å². The SMILES string of the molecule is COc1ccc(C(=O)Nc2ccccc2C(=O)Nc2nnc(-c3ccsc3)s2)cc1. The Hall–Kier alpha value is -3.56. The summed E-state index contributed by atoms with van der Waals surface area (Å²) in [5.41, 5.74) is 2.14. The number of carbonyl (C=O) groups is 2. The Labute approximate surface area is 180 Å². The third-order valence-corrected chi connectivity index (χ3v) is 5.76. The average molecular weight is 437 g/mol. The number of para-hydroxylation sites is 1. The first-order chi connectivity index (χ1) is 14.6. The average Bonchev–Trinajstić information content (AvgIpc) is 3.46. The van der Waals surface area contributed by atoms with Crippen LogP contribution in [0.2, 0.25) is 0 Å². The molecule has 0 spiro atoms. The van der Waals surface area contributed by atoms with E-state index < -0.39 is 0 Å². The van der Waals surface area contributed by atoms with E-state index in [-0.39, 0.29) is 11.8 Å². The van der Waals surface area contributed by atoms with Gasteiger partial charge in [0.2, 0.25) is 5.13 Å². The van der Waals surface area contributed by atoms with Crippen LogP contribution in [0.5, 0.6) is 5.75 Å². The van der Waals surface area contributed by atoms with E-state index in [1.165, 1.54) is 11.3 Å². The molecule has 2 aromatic heterocycles. The molecule has 150 valence electrons. The molecule has 2 aromatic carbocycles. The standard InChI is InChI=1S/C21H16N4O3S2/c1-28-15-8-6-13(7-9-15)18(26)22-17-5-3-2-4-16(17)19(27)23-21-25-24-20(30-21)14-10-11-29-12-14/h2-12H,1H3,(H,22,26)(H,23,25,27). The number of nitrogens with one attached hydrogen (secondary N) is 2. The molecule has 0 aliphatic heterocycles. The zero-order valence-corrected chi connectivity index (χ0v) is 17.4. The van der Waals surface area contributed by atoms with Crippen molar-refractivity contribution in [2.75, 3.05) is 17.7 Å². The van der Waals surface area contributed by atoms with Gasteiger partial charge in [-0.05, 0) is 47.8 Å². The third-order valence-electron chi connectivity index (χ3n) is 4.19. The van der Waals surface area contributed by atoms with Crippen molar-refractivity contribution in [1.29, 1.82) is 0 Å². The number of ether oxygens (including phenoxy) is 1. The van der Waals surface area contributed by atoms with Gasteiger partial charge in [-0.2, -0.15) is 11.3 Å². The highest BCUT2D eigenvalue weighted by Gasteiger charge is 2.16. The lowest BCUT2D eigenvalue weighted by atomic mass is 10.1. The Morgan fingerprint density at radius 1 is 0.933 bits per heavy atom. The number of aromatic nitrogens is 2. The van der Waals surface area contributed by atoms with Crippen molar-refractivity contribution in [3.05, 3.63) is 76.5 Å². The Balaban J connectivity index is 1.49. The lowest BCUT2D eigenvalue weighted by Gasteiger charge is -2.10. The molecule has 30 heavy (non-hydrogen) atoms. The molecule has 2 amide bonds. The maximum absolute atomic E-state index is 12.8. The van der Waals surface area contributed by atoms with Gasteiger partial charge in [0.1, 0.15) is 10.8 Å². The highest BCUT2D eigenvalue weighted by Crippen LogP contribution is 2.28. The molecule has 4 aromatic rings. The highest BCUT2D eigenvalue weighted by molar-refractivity contribution is 7.19. The van der Waals surface area contributed by atoms with Crippen LogP contribution in [0.15, 0.2) is 65.4 Å². The maximum Gasteiger partial charge on any atom is 0.259 e. The molecular weight excluding hydrogens is 420 g/mol. The summed E-state index contributed by atoms with van der Waals surface area (Å²) >= 11 is 2.85. The number of nitrogens with zero attached hydrogens (tertiary/aromatic N) is 2. The van der Waals surface area contributed by atoms with Gasteiger partial charge in [0.25, 0.3) is 11.8 Å². The fourth-order valence-electron chi connectivity index (χ4n) is 2.67. The van der Waals surface area contributed by atoms with E-state index >= 15 is 0 Å². The first-order valence-electron chi connectivity index (χ1n) is 8.86. The Bertz CT molecular complexity index is 1170. The summed E-state index contributed by atoms with van der Waals surface area (Å²) < 4.78 is 5.11. The minimum atomic E-state index is -0.381. The van der Waals surface area contributed by atoms with Gasteiger partial charge >= 0.3 is 0 Å². The second kappa shape index (κ2) is 8.85. The minimum absolute atomic E-state index is 0.325. The molecule has 0 aliphatic rings. The zero-order chi connectivity index (χ0) is 20.9. The van der Waals surface area contributed by atoms with E-state index in [2.05, 4.69) is 20.8 Å². The number of amides is 2. The molecule has 4 rings (SSSR count). The van der Waals surface area contributed by atoms with Crippen LogP contribution >= 0.6 is 22.7 Å². The van der Waals surface area contributed by atoms with E-state index in [4.69, 9.17) is 4.74 Å². The number of anilines is 2. The van der Waals surface area contributed by atoms with E-state index in [0.717, 1.165) is 10.6 Å². The Morgan fingerprint density at radius 2 is 1.73 bits per heavy atom. The summed E-state index contributed by atoms with van der Waals surface area (Å²) in [4.78, 5) is 25.4. The Morgan fingerprint density at radius 3 is 2.47 bits per heavy atom. The predicted molar refractivity (Wildman–Crippen MR) is 119 cm³/mol. The van der Waals surface area contributed by atoms with Crippen molar-refractivity contribution in [3.8, 4) is 16.3 Å². The summed E-state index contributed by atoms with van der Waals surface area (Å²) in [6.07, 6.45) is 0. The van der Waals surface area contributed by atoms with Crippen LogP contribution in [0.25, 0.3) is 10.6 Å². The topological polar surface area (TPSA) is 93.2 Å². The number of thiophene rings is 1. The third kappa shape index (κ3) is 4.37. The van der Waals surface area contributed by atoms with E-state index in [0.29, 0.717) is 27.7 Å². The number of benzene rings is 2. The lowest BCUT2D eigenvalue weighted by molar-refractivity contribution is 0.102. The number of rotatable bonds is 6. The quantitative estimate of drug-likeness (QED) is 0.454. The maximum atomic E-state index is 12.8. The summed E-state index contributed by atoms with van der Waals surface area (Å²) in [5.74, 6) is -0.0487. The van der Waals surface area contributed by atoms with Crippen LogP contribution in [-0.4, -0.2) is 29.1 Å². The summed E-state index contributed by atoms with van der Waals surface area (Å²) in [5, 5.41) is 18.7. The second-order valence-corrected chi connectivity index (χ2v) is 7.86. The number of hydrogen-bond donors (Lipinski definition) is 2. The lowest BCUT2D eigenvalue weighted by Crippen LogP contribution is -2.18. The van der Waals surface area contributed by atoms with Crippen molar-refractivity contribution in [3.63, 3.8) is 0 Å². The van der Waals surface area contributed by atoms with Crippen LogP contribution in [0.1, 0.15) is 20.7 Å². The number of methoxy groups -OCH3 is 1. The molecule has 0 aliphatic carbocycles. The normalized spacial score (nSPS) is 10.4. The van der Waals surface area contributed by atoms with Crippen LogP contribution in [0.4, 0.5) is 10.8 Å². The predicted octanol–water partition coefficient (Wildman–Crippen LogP) is 4.78.